The van der Waals surface area contributed by atoms with E-state index in [2.05, 4.69) is 4.99 Å². The number of nitrogens with zero attached hydrogens (tertiary/aromatic N) is 1. The number of hydrogen-bond donors (Lipinski definition) is 1. The lowest BCUT2D eigenvalue weighted by molar-refractivity contribution is 0.226. The van der Waals surface area contributed by atoms with Crippen molar-refractivity contribution in [1.82, 2.24) is 0 Å². The predicted octanol–water partition coefficient (Wildman–Crippen LogP) is 1.77. The molecule has 4 heteroatoms. The van der Waals surface area contributed by atoms with Gasteiger partial charge in [0.2, 0.25) is 0 Å². The van der Waals surface area contributed by atoms with Crippen LogP contribution < -0.4 is 5.73 Å². The third kappa shape index (κ3) is 1.74. The van der Waals surface area contributed by atoms with E-state index in [9.17, 15) is 0 Å². The molecule has 3 nitrogen and oxygen atoms in total. The van der Waals surface area contributed by atoms with E-state index in [0.29, 0.717) is 24.0 Å². The van der Waals surface area contributed by atoms with Crippen molar-refractivity contribution >= 4 is 17.5 Å². The van der Waals surface area contributed by atoms with E-state index in [1.54, 1.807) is 0 Å². The van der Waals surface area contributed by atoms with Gasteiger partial charge >= 0.3 is 0 Å². The molecule has 0 aromatic heterocycles. The van der Waals surface area contributed by atoms with Crippen LogP contribution in [0.15, 0.2) is 29.3 Å². The fourth-order valence-corrected chi connectivity index (χ4v) is 1.69. The lowest BCUT2D eigenvalue weighted by Gasteiger charge is -2.12. The van der Waals surface area contributed by atoms with E-state index in [1.807, 2.05) is 24.3 Å². The van der Waals surface area contributed by atoms with E-state index in [1.165, 1.54) is 0 Å². The summed E-state index contributed by atoms with van der Waals surface area (Å²) in [6.07, 6.45) is -0.0674. The second-order valence-corrected chi connectivity index (χ2v) is 3.47. The van der Waals surface area contributed by atoms with Crippen LogP contribution in [0.2, 0.25) is 5.02 Å². The van der Waals surface area contributed by atoms with Gasteiger partial charge in [0.25, 0.3) is 0 Å². The second-order valence-electron chi connectivity index (χ2n) is 3.07. The van der Waals surface area contributed by atoms with Crippen LogP contribution in [0.25, 0.3) is 0 Å². The van der Waals surface area contributed by atoms with Gasteiger partial charge < -0.3 is 10.5 Å². The zero-order valence-corrected chi connectivity index (χ0v) is 8.37. The van der Waals surface area contributed by atoms with Gasteiger partial charge in [0.05, 0.1) is 13.1 Å². The summed E-state index contributed by atoms with van der Waals surface area (Å²) in [5.74, 6) is 0.606. The monoisotopic (exact) mass is 210 g/mol. The summed E-state index contributed by atoms with van der Waals surface area (Å²) in [6, 6.07) is 7.62. The highest BCUT2D eigenvalue weighted by atomic mass is 35.5. The average Bonchev–Trinajstić information content (AvgIpc) is 2.67. The van der Waals surface area contributed by atoms with Crippen LogP contribution in [0.1, 0.15) is 11.7 Å². The van der Waals surface area contributed by atoms with Gasteiger partial charge in [-0.05, 0) is 6.07 Å². The molecule has 1 aliphatic rings. The first-order chi connectivity index (χ1) is 6.81. The van der Waals surface area contributed by atoms with E-state index < -0.39 is 0 Å². The summed E-state index contributed by atoms with van der Waals surface area (Å²) in [5, 5.41) is 0.714. The first-order valence-corrected chi connectivity index (χ1v) is 4.83. The normalized spacial score (nSPS) is 20.4. The van der Waals surface area contributed by atoms with Gasteiger partial charge in [-0.15, -0.1) is 0 Å². The molecule has 74 valence electrons. The zero-order chi connectivity index (χ0) is 9.97. The molecule has 0 fully saturated rings. The fourth-order valence-electron chi connectivity index (χ4n) is 1.43. The summed E-state index contributed by atoms with van der Waals surface area (Å²) in [5.41, 5.74) is 6.40. The molecule has 1 aromatic rings. The molecule has 0 spiro atoms. The second kappa shape index (κ2) is 3.98. The molecular weight excluding hydrogens is 200 g/mol. The molecule has 0 amide bonds. The Labute approximate surface area is 87.5 Å². The smallest absolute Gasteiger partial charge is 0.198 e. The molecule has 0 radical (unpaired) electrons. The van der Waals surface area contributed by atoms with Crippen molar-refractivity contribution in [2.45, 2.75) is 6.10 Å². The molecule has 1 unspecified atom stereocenters. The number of nitrogens with two attached hydrogens (primary N) is 1. The Morgan fingerprint density at radius 3 is 2.93 bits per heavy atom. The molecule has 1 heterocycles. The Morgan fingerprint density at radius 2 is 2.29 bits per heavy atom. The Hall–Kier alpha value is -1.06. The number of halogens is 1. The summed E-state index contributed by atoms with van der Waals surface area (Å²) >= 11 is 6.03. The fraction of sp³-hybridized carbons (Fsp3) is 0.300. The Bertz CT molecular complexity index is 365. The number of benzene rings is 1. The summed E-state index contributed by atoms with van der Waals surface area (Å²) in [4.78, 5) is 4.16. The maximum atomic E-state index is 6.03. The van der Waals surface area contributed by atoms with Crippen LogP contribution in [-0.4, -0.2) is 19.0 Å². The molecule has 0 saturated heterocycles. The van der Waals surface area contributed by atoms with Crippen LogP contribution in [0.4, 0.5) is 0 Å². The SMILES string of the molecule is NCC1=NCC(c2ccccc2Cl)O1. The topological polar surface area (TPSA) is 47.6 Å². The van der Waals surface area contributed by atoms with E-state index in [4.69, 9.17) is 22.1 Å². The van der Waals surface area contributed by atoms with Crippen molar-refractivity contribution < 1.29 is 4.74 Å². The first kappa shape index (κ1) is 9.49. The lowest BCUT2D eigenvalue weighted by atomic mass is 10.1. The standard InChI is InChI=1S/C10H11ClN2O/c11-8-4-2-1-3-7(8)9-6-13-10(5-12)14-9/h1-4,9H,5-6,12H2. The third-order valence-corrected chi connectivity index (χ3v) is 2.48. The van der Waals surface area contributed by atoms with Crippen LogP contribution >= 0.6 is 11.6 Å². The lowest BCUT2D eigenvalue weighted by Crippen LogP contribution is -2.15. The Balaban J connectivity index is 2.16. The van der Waals surface area contributed by atoms with Crippen molar-refractivity contribution in [3.63, 3.8) is 0 Å². The minimum Gasteiger partial charge on any atom is -0.470 e. The van der Waals surface area contributed by atoms with Crippen molar-refractivity contribution in [3.8, 4) is 0 Å². The van der Waals surface area contributed by atoms with E-state index in [-0.39, 0.29) is 6.10 Å². The quantitative estimate of drug-likeness (QED) is 0.809. The number of ether oxygens (including phenoxy) is 1. The van der Waals surface area contributed by atoms with Crippen molar-refractivity contribution in [1.29, 1.82) is 0 Å². The van der Waals surface area contributed by atoms with Gasteiger partial charge in [-0.1, -0.05) is 29.8 Å². The van der Waals surface area contributed by atoms with Gasteiger partial charge in [0, 0.05) is 10.6 Å². The van der Waals surface area contributed by atoms with Gasteiger partial charge in [-0.3, -0.25) is 4.99 Å². The molecule has 1 aliphatic heterocycles. The highest BCUT2D eigenvalue weighted by Crippen LogP contribution is 2.28. The minimum absolute atomic E-state index is 0.0674. The van der Waals surface area contributed by atoms with Crippen molar-refractivity contribution in [2.24, 2.45) is 10.7 Å². The predicted molar refractivity (Wildman–Crippen MR) is 56.6 cm³/mol. The maximum Gasteiger partial charge on any atom is 0.198 e. The maximum absolute atomic E-state index is 6.03. The van der Waals surface area contributed by atoms with Gasteiger partial charge in [-0.2, -0.15) is 0 Å². The molecule has 1 aromatic carbocycles. The van der Waals surface area contributed by atoms with Crippen LogP contribution in [0, 0.1) is 0 Å². The van der Waals surface area contributed by atoms with Crippen LogP contribution in [-0.2, 0) is 4.74 Å². The van der Waals surface area contributed by atoms with Crippen LogP contribution in [0.3, 0.4) is 0 Å². The molecule has 1 atom stereocenters. The summed E-state index contributed by atoms with van der Waals surface area (Å²) in [7, 11) is 0. The first-order valence-electron chi connectivity index (χ1n) is 4.45. The zero-order valence-electron chi connectivity index (χ0n) is 7.61. The minimum atomic E-state index is -0.0674. The number of aliphatic imine (C=N–C) groups is 1. The van der Waals surface area contributed by atoms with E-state index in [0.717, 1.165) is 5.56 Å². The number of hydrogen-bond acceptors (Lipinski definition) is 3. The van der Waals surface area contributed by atoms with Gasteiger partial charge in [-0.25, -0.2) is 0 Å². The highest BCUT2D eigenvalue weighted by molar-refractivity contribution is 6.31. The highest BCUT2D eigenvalue weighted by Gasteiger charge is 2.22. The number of rotatable bonds is 2. The van der Waals surface area contributed by atoms with Crippen LogP contribution in [0.5, 0.6) is 0 Å². The van der Waals surface area contributed by atoms with Crippen molar-refractivity contribution in [2.75, 3.05) is 13.1 Å². The molecule has 0 aliphatic carbocycles. The molecule has 0 bridgehead atoms. The molecule has 2 N–H and O–H groups in total. The molecular formula is C10H11ClN2O. The largest absolute Gasteiger partial charge is 0.470 e. The van der Waals surface area contributed by atoms with Gasteiger partial charge in [0.15, 0.2) is 5.90 Å². The molecule has 0 saturated carbocycles. The van der Waals surface area contributed by atoms with E-state index >= 15 is 0 Å². The van der Waals surface area contributed by atoms with Gasteiger partial charge in [0.1, 0.15) is 6.10 Å². The molecule has 2 rings (SSSR count). The summed E-state index contributed by atoms with van der Waals surface area (Å²) < 4.78 is 5.52. The Kier molecular flexibility index (Phi) is 2.70. The third-order valence-electron chi connectivity index (χ3n) is 2.14. The van der Waals surface area contributed by atoms with Crippen molar-refractivity contribution in [3.05, 3.63) is 34.9 Å². The Morgan fingerprint density at radius 1 is 1.50 bits per heavy atom. The summed E-state index contributed by atoms with van der Waals surface area (Å²) in [6.45, 7) is 0.956. The average molecular weight is 211 g/mol. The molecule has 14 heavy (non-hydrogen) atoms.